The average Bonchev–Trinajstić information content (AvgIpc) is 2.96. The summed E-state index contributed by atoms with van der Waals surface area (Å²) in [5, 5.41) is 9.29. The van der Waals surface area contributed by atoms with E-state index in [4.69, 9.17) is 0 Å². The van der Waals surface area contributed by atoms with Crippen LogP contribution in [-0.4, -0.2) is 15.2 Å². The lowest BCUT2D eigenvalue weighted by atomic mass is 10.1. The third-order valence-electron chi connectivity index (χ3n) is 2.99. The molecule has 0 fully saturated rings. The van der Waals surface area contributed by atoms with Crippen LogP contribution in [0.1, 0.15) is 11.3 Å². The van der Waals surface area contributed by atoms with Crippen molar-refractivity contribution in [3.8, 4) is 21.3 Å². The van der Waals surface area contributed by atoms with Crippen LogP contribution >= 0.6 is 11.3 Å². The van der Waals surface area contributed by atoms with Crippen molar-refractivity contribution in [3.05, 3.63) is 53.7 Å². The molecular weight excluding hydrogens is 311 g/mol. The summed E-state index contributed by atoms with van der Waals surface area (Å²) in [7, 11) is 0. The van der Waals surface area contributed by atoms with E-state index < -0.39 is 11.7 Å². The summed E-state index contributed by atoms with van der Waals surface area (Å²) in [6.45, 7) is 1.88. The zero-order valence-corrected chi connectivity index (χ0v) is 12.2. The Morgan fingerprint density at radius 1 is 0.909 bits per heavy atom. The first-order valence-electron chi connectivity index (χ1n) is 6.39. The molecule has 2 aromatic heterocycles. The second-order valence-corrected chi connectivity index (χ2v) is 5.63. The predicted octanol–water partition coefficient (Wildman–Crippen LogP) is 4.59. The Balaban J connectivity index is 1.91. The van der Waals surface area contributed by atoms with Gasteiger partial charge in [0.2, 0.25) is 0 Å². The fourth-order valence-electron chi connectivity index (χ4n) is 1.91. The summed E-state index contributed by atoms with van der Waals surface area (Å²) in [6.07, 6.45) is -4.34. The number of hydrogen-bond donors (Lipinski definition) is 0. The first-order valence-corrected chi connectivity index (χ1v) is 7.20. The van der Waals surface area contributed by atoms with Gasteiger partial charge in [0.1, 0.15) is 10.7 Å². The van der Waals surface area contributed by atoms with Gasteiger partial charge in [-0.3, -0.25) is 4.98 Å². The molecule has 1 aromatic carbocycles. The molecule has 7 heteroatoms. The molecule has 0 saturated heterocycles. The Morgan fingerprint density at radius 3 is 2.23 bits per heavy atom. The number of hydrogen-bond acceptors (Lipinski definition) is 4. The van der Waals surface area contributed by atoms with E-state index in [1.807, 2.05) is 25.1 Å². The predicted molar refractivity (Wildman–Crippen MR) is 78.3 cm³/mol. The minimum absolute atomic E-state index is 0.562. The molecule has 0 aliphatic rings. The quantitative estimate of drug-likeness (QED) is 0.693. The minimum Gasteiger partial charge on any atom is -0.251 e. The van der Waals surface area contributed by atoms with Gasteiger partial charge in [-0.15, -0.1) is 10.2 Å². The van der Waals surface area contributed by atoms with Crippen LogP contribution in [0, 0.1) is 6.92 Å². The van der Waals surface area contributed by atoms with Crippen molar-refractivity contribution in [2.75, 3.05) is 0 Å². The Labute approximate surface area is 128 Å². The first kappa shape index (κ1) is 14.6. The van der Waals surface area contributed by atoms with Gasteiger partial charge >= 0.3 is 6.18 Å². The van der Waals surface area contributed by atoms with Gasteiger partial charge in [0, 0.05) is 11.3 Å². The van der Waals surface area contributed by atoms with E-state index in [2.05, 4.69) is 15.2 Å². The highest BCUT2D eigenvalue weighted by atomic mass is 32.1. The highest BCUT2D eigenvalue weighted by Gasteiger charge is 2.30. The summed E-state index contributed by atoms with van der Waals surface area (Å²) in [4.78, 5) is 4.36. The van der Waals surface area contributed by atoms with E-state index in [9.17, 15) is 13.2 Å². The number of halogens is 3. The molecule has 0 aliphatic heterocycles. The van der Waals surface area contributed by atoms with E-state index >= 15 is 0 Å². The molecule has 0 unspecified atom stereocenters. The zero-order chi connectivity index (χ0) is 15.7. The summed E-state index contributed by atoms with van der Waals surface area (Å²) in [5.74, 6) is 0. The van der Waals surface area contributed by atoms with Crippen LogP contribution in [0.15, 0.2) is 42.5 Å². The Morgan fingerprint density at radius 2 is 1.59 bits per heavy atom. The second kappa shape index (κ2) is 5.49. The second-order valence-electron chi connectivity index (χ2n) is 4.65. The average molecular weight is 321 g/mol. The number of benzene rings is 1. The third kappa shape index (κ3) is 2.99. The molecule has 2 heterocycles. The van der Waals surface area contributed by atoms with E-state index in [1.165, 1.54) is 23.5 Å². The van der Waals surface area contributed by atoms with E-state index in [0.717, 1.165) is 17.8 Å². The molecular formula is C15H10F3N3S. The van der Waals surface area contributed by atoms with Gasteiger partial charge in [0.15, 0.2) is 5.01 Å². The maximum atomic E-state index is 12.6. The number of nitrogens with zero attached hydrogens (tertiary/aromatic N) is 3. The number of alkyl halides is 3. The van der Waals surface area contributed by atoms with Gasteiger partial charge in [0.25, 0.3) is 0 Å². The molecule has 0 saturated carbocycles. The molecule has 3 nitrogen and oxygen atoms in total. The fraction of sp³-hybridized carbons (Fsp3) is 0.133. The highest BCUT2D eigenvalue weighted by Crippen LogP contribution is 2.33. The smallest absolute Gasteiger partial charge is 0.251 e. The molecule has 0 amide bonds. The number of aromatic nitrogens is 3. The molecule has 0 spiro atoms. The van der Waals surface area contributed by atoms with E-state index in [1.54, 1.807) is 0 Å². The molecule has 3 rings (SSSR count). The van der Waals surface area contributed by atoms with Crippen LogP contribution in [0.5, 0.6) is 0 Å². The molecule has 0 aliphatic carbocycles. The molecule has 0 atom stereocenters. The SMILES string of the molecule is Cc1cccc(-c2nnc(-c3ccc(C(F)(F)F)cc3)s2)n1. The lowest BCUT2D eigenvalue weighted by molar-refractivity contribution is -0.137. The maximum Gasteiger partial charge on any atom is 0.416 e. The van der Waals surface area contributed by atoms with Crippen molar-refractivity contribution < 1.29 is 13.2 Å². The van der Waals surface area contributed by atoms with E-state index in [0.29, 0.717) is 21.3 Å². The van der Waals surface area contributed by atoms with Crippen LogP contribution in [0.4, 0.5) is 13.2 Å². The monoisotopic (exact) mass is 321 g/mol. The van der Waals surface area contributed by atoms with Crippen LogP contribution in [0.25, 0.3) is 21.3 Å². The minimum atomic E-state index is -4.34. The van der Waals surface area contributed by atoms with Crippen LogP contribution < -0.4 is 0 Å². The Hall–Kier alpha value is -2.28. The molecule has 0 bridgehead atoms. The van der Waals surface area contributed by atoms with Gasteiger partial charge in [-0.1, -0.05) is 29.5 Å². The molecule has 112 valence electrons. The number of pyridine rings is 1. The van der Waals surface area contributed by atoms with Crippen molar-refractivity contribution in [1.29, 1.82) is 0 Å². The molecule has 3 aromatic rings. The fourth-order valence-corrected chi connectivity index (χ4v) is 2.73. The van der Waals surface area contributed by atoms with Gasteiger partial charge in [0.05, 0.1) is 5.56 Å². The standard InChI is InChI=1S/C15H10F3N3S/c1-9-3-2-4-12(19-9)14-21-20-13(22-14)10-5-7-11(8-6-10)15(16,17)18/h2-8H,1H3. The summed E-state index contributed by atoms with van der Waals surface area (Å²) in [6, 6.07) is 10.5. The van der Waals surface area contributed by atoms with Gasteiger partial charge in [-0.05, 0) is 31.2 Å². The molecule has 0 N–H and O–H groups in total. The Bertz CT molecular complexity index is 794. The first-order chi connectivity index (χ1) is 10.4. The van der Waals surface area contributed by atoms with Crippen molar-refractivity contribution in [2.24, 2.45) is 0 Å². The zero-order valence-electron chi connectivity index (χ0n) is 11.4. The summed E-state index contributed by atoms with van der Waals surface area (Å²) < 4.78 is 37.7. The van der Waals surface area contributed by atoms with Crippen LogP contribution in [0.3, 0.4) is 0 Å². The third-order valence-corrected chi connectivity index (χ3v) is 3.99. The van der Waals surface area contributed by atoms with Crippen LogP contribution in [0.2, 0.25) is 0 Å². The van der Waals surface area contributed by atoms with Crippen molar-refractivity contribution >= 4 is 11.3 Å². The van der Waals surface area contributed by atoms with Crippen molar-refractivity contribution in [1.82, 2.24) is 15.2 Å². The number of aryl methyl sites for hydroxylation is 1. The highest BCUT2D eigenvalue weighted by molar-refractivity contribution is 7.17. The molecule has 22 heavy (non-hydrogen) atoms. The maximum absolute atomic E-state index is 12.6. The van der Waals surface area contributed by atoms with Gasteiger partial charge < -0.3 is 0 Å². The van der Waals surface area contributed by atoms with Crippen LogP contribution in [-0.2, 0) is 6.18 Å². The topological polar surface area (TPSA) is 38.7 Å². The largest absolute Gasteiger partial charge is 0.416 e. The molecule has 0 radical (unpaired) electrons. The van der Waals surface area contributed by atoms with Gasteiger partial charge in [-0.2, -0.15) is 13.2 Å². The Kier molecular flexibility index (Phi) is 3.66. The lowest BCUT2D eigenvalue weighted by Crippen LogP contribution is -2.03. The van der Waals surface area contributed by atoms with E-state index in [-0.39, 0.29) is 0 Å². The van der Waals surface area contributed by atoms with Crippen molar-refractivity contribution in [2.45, 2.75) is 13.1 Å². The summed E-state index contributed by atoms with van der Waals surface area (Å²) >= 11 is 1.30. The normalized spacial score (nSPS) is 11.6. The van der Waals surface area contributed by atoms with Gasteiger partial charge in [-0.25, -0.2) is 0 Å². The number of rotatable bonds is 2. The van der Waals surface area contributed by atoms with Crippen molar-refractivity contribution in [3.63, 3.8) is 0 Å². The lowest BCUT2D eigenvalue weighted by Gasteiger charge is -2.06. The summed E-state index contributed by atoms with van der Waals surface area (Å²) in [5.41, 5.74) is 1.49.